The standard InChI is InChI=1S/C17H21N3O3/c1-19-9-5-6-13(11-19)12-20-16(17(21)22)15(10-18-20)23-14-7-3-2-4-8-14/h2-4,7-8,10,13H,5-6,9,11-12H2,1H3,(H,21,22). The Balaban J connectivity index is 1.79. The largest absolute Gasteiger partial charge is 0.476 e. The van der Waals surface area contributed by atoms with E-state index in [0.29, 0.717) is 18.2 Å². The number of piperidine rings is 1. The first-order valence-electron chi connectivity index (χ1n) is 7.84. The van der Waals surface area contributed by atoms with E-state index in [1.807, 2.05) is 18.2 Å². The summed E-state index contributed by atoms with van der Waals surface area (Å²) < 4.78 is 7.25. The van der Waals surface area contributed by atoms with Crippen LogP contribution in [0.5, 0.6) is 11.5 Å². The van der Waals surface area contributed by atoms with E-state index in [9.17, 15) is 9.90 Å². The highest BCUT2D eigenvalue weighted by Crippen LogP contribution is 2.26. The molecule has 2 aromatic rings. The molecular formula is C17H21N3O3. The van der Waals surface area contributed by atoms with Gasteiger partial charge in [-0.05, 0) is 44.5 Å². The van der Waals surface area contributed by atoms with Gasteiger partial charge in [-0.2, -0.15) is 5.10 Å². The molecule has 122 valence electrons. The molecule has 0 aliphatic carbocycles. The Morgan fingerprint density at radius 3 is 2.87 bits per heavy atom. The third-order valence-electron chi connectivity index (χ3n) is 4.13. The summed E-state index contributed by atoms with van der Waals surface area (Å²) in [5.74, 6) is 0.286. The number of carboxylic acids is 1. The number of rotatable bonds is 5. The molecule has 23 heavy (non-hydrogen) atoms. The molecule has 1 saturated heterocycles. The van der Waals surface area contributed by atoms with Crippen LogP contribution in [0.1, 0.15) is 23.3 Å². The van der Waals surface area contributed by atoms with Crippen LogP contribution < -0.4 is 4.74 Å². The van der Waals surface area contributed by atoms with E-state index in [1.165, 1.54) is 6.20 Å². The lowest BCUT2D eigenvalue weighted by molar-refractivity contribution is 0.0676. The number of carbonyl (C=O) groups is 1. The van der Waals surface area contributed by atoms with Crippen molar-refractivity contribution in [3.05, 3.63) is 42.2 Å². The SMILES string of the molecule is CN1CCCC(Cn2ncc(Oc3ccccc3)c2C(=O)O)C1. The normalized spacial score (nSPS) is 18.7. The Labute approximate surface area is 135 Å². The van der Waals surface area contributed by atoms with Crippen LogP contribution in [0.3, 0.4) is 0 Å². The summed E-state index contributed by atoms with van der Waals surface area (Å²) in [5.41, 5.74) is 0.113. The summed E-state index contributed by atoms with van der Waals surface area (Å²) in [6.45, 7) is 2.67. The monoisotopic (exact) mass is 315 g/mol. The number of benzene rings is 1. The van der Waals surface area contributed by atoms with E-state index in [2.05, 4.69) is 17.0 Å². The van der Waals surface area contributed by atoms with Crippen molar-refractivity contribution in [1.29, 1.82) is 0 Å². The molecule has 0 bridgehead atoms. The fraction of sp³-hybridized carbons (Fsp3) is 0.412. The zero-order valence-electron chi connectivity index (χ0n) is 13.2. The molecular weight excluding hydrogens is 294 g/mol. The molecule has 0 amide bonds. The third kappa shape index (κ3) is 3.71. The predicted octanol–water partition coefficient (Wildman–Crippen LogP) is 2.72. The molecule has 6 heteroatoms. The van der Waals surface area contributed by atoms with Crippen LogP contribution in [0.2, 0.25) is 0 Å². The van der Waals surface area contributed by atoms with Gasteiger partial charge in [-0.25, -0.2) is 4.79 Å². The summed E-state index contributed by atoms with van der Waals surface area (Å²) in [7, 11) is 2.09. The topological polar surface area (TPSA) is 67.6 Å². The molecule has 1 fully saturated rings. The van der Waals surface area contributed by atoms with Crippen LogP contribution in [0.15, 0.2) is 36.5 Å². The lowest BCUT2D eigenvalue weighted by atomic mass is 9.98. The van der Waals surface area contributed by atoms with Crippen LogP contribution in [0, 0.1) is 5.92 Å². The molecule has 0 saturated carbocycles. The van der Waals surface area contributed by atoms with Gasteiger partial charge in [0.25, 0.3) is 0 Å². The number of nitrogens with zero attached hydrogens (tertiary/aromatic N) is 3. The van der Waals surface area contributed by atoms with Gasteiger partial charge in [0.15, 0.2) is 11.4 Å². The van der Waals surface area contributed by atoms with Gasteiger partial charge in [0, 0.05) is 13.1 Å². The molecule has 1 unspecified atom stereocenters. The fourth-order valence-corrected chi connectivity index (χ4v) is 3.08. The van der Waals surface area contributed by atoms with Gasteiger partial charge in [-0.3, -0.25) is 4.68 Å². The highest BCUT2D eigenvalue weighted by Gasteiger charge is 2.24. The molecule has 2 heterocycles. The summed E-state index contributed by atoms with van der Waals surface area (Å²) in [4.78, 5) is 13.9. The third-order valence-corrected chi connectivity index (χ3v) is 4.13. The highest BCUT2D eigenvalue weighted by molar-refractivity contribution is 5.88. The Kier molecular flexibility index (Phi) is 4.62. The summed E-state index contributed by atoms with van der Waals surface area (Å²) in [6, 6.07) is 9.15. The Morgan fingerprint density at radius 2 is 2.17 bits per heavy atom. The zero-order valence-corrected chi connectivity index (χ0v) is 13.2. The quantitative estimate of drug-likeness (QED) is 0.919. The van der Waals surface area contributed by atoms with Crippen molar-refractivity contribution in [2.75, 3.05) is 20.1 Å². The molecule has 0 spiro atoms. The van der Waals surface area contributed by atoms with Crippen molar-refractivity contribution >= 4 is 5.97 Å². The van der Waals surface area contributed by atoms with Crippen LogP contribution in [-0.4, -0.2) is 45.9 Å². The maximum absolute atomic E-state index is 11.6. The van der Waals surface area contributed by atoms with Crippen molar-refractivity contribution in [3.8, 4) is 11.5 Å². The number of para-hydroxylation sites is 1. The molecule has 0 radical (unpaired) electrons. The maximum Gasteiger partial charge on any atom is 0.358 e. The summed E-state index contributed by atoms with van der Waals surface area (Å²) in [5, 5.41) is 13.8. The smallest absolute Gasteiger partial charge is 0.358 e. The first-order valence-corrected chi connectivity index (χ1v) is 7.84. The van der Waals surface area contributed by atoms with Gasteiger partial charge in [0.1, 0.15) is 5.75 Å². The number of aromatic nitrogens is 2. The lowest BCUT2D eigenvalue weighted by Crippen LogP contribution is -2.34. The average Bonchev–Trinajstić information content (AvgIpc) is 2.91. The summed E-state index contributed by atoms with van der Waals surface area (Å²) in [6.07, 6.45) is 3.72. The summed E-state index contributed by atoms with van der Waals surface area (Å²) >= 11 is 0. The first-order chi connectivity index (χ1) is 11.1. The Bertz CT molecular complexity index is 669. The number of carboxylic acid groups (broad SMARTS) is 1. The van der Waals surface area contributed by atoms with E-state index >= 15 is 0 Å². The Morgan fingerprint density at radius 1 is 1.39 bits per heavy atom. The van der Waals surface area contributed by atoms with Crippen molar-refractivity contribution in [2.45, 2.75) is 19.4 Å². The second kappa shape index (κ2) is 6.83. The van der Waals surface area contributed by atoms with Gasteiger partial charge >= 0.3 is 5.97 Å². The minimum Gasteiger partial charge on any atom is -0.476 e. The molecule has 1 aromatic heterocycles. The van der Waals surface area contributed by atoms with Gasteiger partial charge in [0.05, 0.1) is 6.20 Å². The highest BCUT2D eigenvalue weighted by atomic mass is 16.5. The van der Waals surface area contributed by atoms with Gasteiger partial charge < -0.3 is 14.7 Å². The van der Waals surface area contributed by atoms with E-state index in [0.717, 1.165) is 25.9 Å². The van der Waals surface area contributed by atoms with Crippen molar-refractivity contribution in [3.63, 3.8) is 0 Å². The van der Waals surface area contributed by atoms with E-state index in [4.69, 9.17) is 4.74 Å². The Hall–Kier alpha value is -2.34. The zero-order chi connectivity index (χ0) is 16.2. The second-order valence-electron chi connectivity index (χ2n) is 6.03. The fourth-order valence-electron chi connectivity index (χ4n) is 3.08. The van der Waals surface area contributed by atoms with Gasteiger partial charge in [-0.15, -0.1) is 0 Å². The van der Waals surface area contributed by atoms with E-state index in [-0.39, 0.29) is 11.4 Å². The van der Waals surface area contributed by atoms with Crippen LogP contribution >= 0.6 is 0 Å². The van der Waals surface area contributed by atoms with Crippen LogP contribution in [0.4, 0.5) is 0 Å². The number of ether oxygens (including phenoxy) is 1. The maximum atomic E-state index is 11.6. The minimum atomic E-state index is -1.02. The van der Waals surface area contributed by atoms with Gasteiger partial charge in [0.2, 0.25) is 0 Å². The average molecular weight is 315 g/mol. The molecule has 1 atom stereocenters. The molecule has 1 aliphatic heterocycles. The van der Waals surface area contributed by atoms with Crippen LogP contribution in [0.25, 0.3) is 0 Å². The second-order valence-corrected chi connectivity index (χ2v) is 6.03. The number of hydrogen-bond donors (Lipinski definition) is 1. The molecule has 6 nitrogen and oxygen atoms in total. The number of likely N-dealkylation sites (tertiary alicyclic amines) is 1. The van der Waals surface area contributed by atoms with E-state index < -0.39 is 5.97 Å². The van der Waals surface area contributed by atoms with Crippen molar-refractivity contribution < 1.29 is 14.6 Å². The van der Waals surface area contributed by atoms with Crippen LogP contribution in [-0.2, 0) is 6.54 Å². The minimum absolute atomic E-state index is 0.113. The molecule has 1 aliphatic rings. The predicted molar refractivity (Wildman–Crippen MR) is 85.9 cm³/mol. The molecule has 1 N–H and O–H groups in total. The van der Waals surface area contributed by atoms with Gasteiger partial charge in [-0.1, -0.05) is 18.2 Å². The van der Waals surface area contributed by atoms with E-state index in [1.54, 1.807) is 16.8 Å². The molecule has 1 aromatic carbocycles. The lowest BCUT2D eigenvalue weighted by Gasteiger charge is -2.29. The first kappa shape index (κ1) is 15.6. The number of aromatic carboxylic acids is 1. The van der Waals surface area contributed by atoms with Crippen molar-refractivity contribution in [2.24, 2.45) is 5.92 Å². The number of hydrogen-bond acceptors (Lipinski definition) is 4. The van der Waals surface area contributed by atoms with Crippen molar-refractivity contribution in [1.82, 2.24) is 14.7 Å². The molecule has 3 rings (SSSR count).